The number of rotatable bonds is 3. The zero-order chi connectivity index (χ0) is 25.8. The molecule has 3 N–H and O–H groups in total. The van der Waals surface area contributed by atoms with Crippen molar-refractivity contribution in [3.8, 4) is 0 Å². The van der Waals surface area contributed by atoms with Crippen LogP contribution in [0.5, 0.6) is 0 Å². The minimum Gasteiger partial charge on any atom is -0.378 e. The second kappa shape index (κ2) is 14.3. The molecule has 0 unspecified atom stereocenters. The van der Waals surface area contributed by atoms with E-state index in [2.05, 4.69) is 27.0 Å². The number of ether oxygens (including phenoxy) is 1. The van der Waals surface area contributed by atoms with E-state index in [1.54, 1.807) is 16.4 Å². The summed E-state index contributed by atoms with van der Waals surface area (Å²) < 4.78 is 31.9. The highest BCUT2D eigenvalue weighted by molar-refractivity contribution is 7.89. The normalized spacial score (nSPS) is 17.8. The number of sulfonamides is 1. The molecule has 0 spiro atoms. The summed E-state index contributed by atoms with van der Waals surface area (Å²) in [6.45, 7) is 13.5. The van der Waals surface area contributed by atoms with Crippen molar-refractivity contribution in [3.63, 3.8) is 0 Å². The Morgan fingerprint density at radius 2 is 1.60 bits per heavy atom. The summed E-state index contributed by atoms with van der Waals surface area (Å²) in [5.74, 6) is -0.333. The van der Waals surface area contributed by atoms with Crippen molar-refractivity contribution in [2.24, 2.45) is 5.73 Å². The first-order chi connectivity index (χ1) is 16.8. The molecule has 4 heterocycles. The van der Waals surface area contributed by atoms with Crippen LogP contribution in [0.3, 0.4) is 0 Å². The van der Waals surface area contributed by atoms with Crippen molar-refractivity contribution < 1.29 is 17.9 Å². The molecule has 194 valence electrons. The van der Waals surface area contributed by atoms with Crippen LogP contribution in [0, 0.1) is 6.92 Å². The third-order valence-electron chi connectivity index (χ3n) is 5.70. The van der Waals surface area contributed by atoms with Gasteiger partial charge in [0.05, 0.1) is 24.2 Å². The van der Waals surface area contributed by atoms with E-state index < -0.39 is 10.0 Å². The number of carbonyl (C=O) groups excluding carboxylic acids is 1. The molecule has 0 radical (unpaired) electrons. The number of fused-ring (bicyclic) bond motifs is 1. The average Bonchev–Trinajstić information content (AvgIpc) is 3.29. The van der Waals surface area contributed by atoms with Crippen LogP contribution in [0.4, 0.5) is 0 Å². The van der Waals surface area contributed by atoms with Gasteiger partial charge in [0.15, 0.2) is 0 Å². The fourth-order valence-corrected chi connectivity index (χ4v) is 5.14. The number of nitrogens with one attached hydrogen (secondary N) is 1. The number of pyridine rings is 1. The number of aryl methyl sites for hydroxylation is 1. The average molecular weight is 506 g/mol. The summed E-state index contributed by atoms with van der Waals surface area (Å²) in [5, 5.41) is 3.25. The molecular weight excluding hydrogens is 466 g/mol. The molecule has 0 atom stereocenters. The molecule has 3 aliphatic heterocycles. The van der Waals surface area contributed by atoms with Gasteiger partial charge in [0, 0.05) is 58.6 Å². The number of nitrogens with zero attached hydrogens (tertiary/aromatic N) is 3. The van der Waals surface area contributed by atoms with Crippen LogP contribution in [0.15, 0.2) is 47.6 Å². The Kier molecular flexibility index (Phi) is 11.8. The number of benzene rings is 1. The topological polar surface area (TPSA) is 118 Å². The summed E-state index contributed by atoms with van der Waals surface area (Å²) in [4.78, 5) is 16.0. The van der Waals surface area contributed by atoms with E-state index in [-0.39, 0.29) is 5.91 Å². The highest BCUT2D eigenvalue weighted by Gasteiger charge is 2.33. The van der Waals surface area contributed by atoms with Crippen LogP contribution in [0.1, 0.15) is 37.5 Å². The first-order valence-corrected chi connectivity index (χ1v) is 13.5. The Labute approximate surface area is 209 Å². The quantitative estimate of drug-likeness (QED) is 0.654. The van der Waals surface area contributed by atoms with E-state index in [9.17, 15) is 13.2 Å². The molecule has 1 amide bonds. The molecule has 2 saturated heterocycles. The van der Waals surface area contributed by atoms with Crippen molar-refractivity contribution in [2.75, 3.05) is 39.4 Å². The van der Waals surface area contributed by atoms with E-state index in [1.165, 1.54) is 18.1 Å². The molecular formula is C25H39N5O4S. The lowest BCUT2D eigenvalue weighted by molar-refractivity contribution is -0.115. The zero-order valence-electron chi connectivity index (χ0n) is 21.2. The number of hydrogen-bond donors (Lipinski definition) is 2. The number of hydrogen-bond acceptors (Lipinski definition) is 7. The molecule has 10 heteroatoms. The van der Waals surface area contributed by atoms with E-state index in [0.717, 1.165) is 45.0 Å². The van der Waals surface area contributed by atoms with Gasteiger partial charge >= 0.3 is 0 Å². The van der Waals surface area contributed by atoms with Crippen molar-refractivity contribution in [2.45, 2.75) is 51.7 Å². The van der Waals surface area contributed by atoms with Gasteiger partial charge in [-0.25, -0.2) is 8.42 Å². The number of amides is 1. The van der Waals surface area contributed by atoms with Crippen LogP contribution < -0.4 is 11.1 Å². The van der Waals surface area contributed by atoms with Gasteiger partial charge in [-0.1, -0.05) is 31.5 Å². The molecule has 35 heavy (non-hydrogen) atoms. The van der Waals surface area contributed by atoms with E-state index in [4.69, 9.17) is 4.74 Å². The summed E-state index contributed by atoms with van der Waals surface area (Å²) in [6, 6.07) is 9.62. The summed E-state index contributed by atoms with van der Waals surface area (Å²) in [5.41, 5.74) is 8.28. The number of nitrogens with two attached hydrogens (primary N) is 1. The fraction of sp³-hybridized carbons (Fsp3) is 0.520. The number of piperazine rings is 1. The van der Waals surface area contributed by atoms with Crippen molar-refractivity contribution in [3.05, 3.63) is 59.4 Å². The second-order valence-electron chi connectivity index (χ2n) is 8.30. The lowest BCUT2D eigenvalue weighted by Crippen LogP contribution is -2.57. The number of carbonyl (C=O) groups is 1. The van der Waals surface area contributed by atoms with Gasteiger partial charge in [-0.05, 0) is 36.2 Å². The van der Waals surface area contributed by atoms with Gasteiger partial charge in [-0.3, -0.25) is 14.7 Å². The maximum Gasteiger partial charge on any atom is 0.243 e. The van der Waals surface area contributed by atoms with Crippen LogP contribution >= 0.6 is 0 Å². The highest BCUT2D eigenvalue weighted by Crippen LogP contribution is 2.20. The van der Waals surface area contributed by atoms with Crippen LogP contribution in [-0.4, -0.2) is 73.9 Å². The zero-order valence-corrected chi connectivity index (χ0v) is 22.1. The first-order valence-electron chi connectivity index (χ1n) is 12.0. The molecule has 1 aromatic carbocycles. The van der Waals surface area contributed by atoms with Gasteiger partial charge in [-0.15, -0.1) is 0 Å². The second-order valence-corrected chi connectivity index (χ2v) is 10.2. The summed E-state index contributed by atoms with van der Waals surface area (Å²) in [6.07, 6.45) is 3.77. The fourth-order valence-electron chi connectivity index (χ4n) is 3.72. The molecule has 2 aromatic rings. The Morgan fingerprint density at radius 3 is 2.11 bits per heavy atom. The van der Waals surface area contributed by atoms with Gasteiger partial charge in [0.2, 0.25) is 15.9 Å². The SMILES string of the molecule is CC.CC(N)=O.Cc1ccc(S(=O)(=O)N2CCN(C3COC3)CC2)cc1.c1cc2c(cn1)CNC2. The number of primary amides is 1. The minimum atomic E-state index is -3.34. The number of aromatic nitrogens is 1. The molecule has 9 nitrogen and oxygen atoms in total. The summed E-state index contributed by atoms with van der Waals surface area (Å²) >= 11 is 0. The Morgan fingerprint density at radius 1 is 1.03 bits per heavy atom. The first kappa shape index (κ1) is 28.9. The third-order valence-corrected chi connectivity index (χ3v) is 7.62. The lowest BCUT2D eigenvalue weighted by Gasteiger charge is -2.42. The predicted octanol–water partition coefficient (Wildman–Crippen LogP) is 1.90. The largest absolute Gasteiger partial charge is 0.378 e. The molecule has 3 aliphatic rings. The smallest absolute Gasteiger partial charge is 0.243 e. The van der Waals surface area contributed by atoms with Crippen molar-refractivity contribution in [1.29, 1.82) is 0 Å². The summed E-state index contributed by atoms with van der Waals surface area (Å²) in [7, 11) is -3.34. The van der Waals surface area contributed by atoms with Crippen molar-refractivity contribution in [1.82, 2.24) is 19.5 Å². The minimum absolute atomic E-state index is 0.333. The Bertz CT molecular complexity index is 991. The monoisotopic (exact) mass is 505 g/mol. The third kappa shape index (κ3) is 8.66. The molecule has 5 rings (SSSR count). The van der Waals surface area contributed by atoms with Crippen LogP contribution in [0.2, 0.25) is 0 Å². The van der Waals surface area contributed by atoms with Gasteiger partial charge in [0.25, 0.3) is 0 Å². The van der Waals surface area contributed by atoms with Crippen LogP contribution in [0.25, 0.3) is 0 Å². The molecule has 0 aliphatic carbocycles. The predicted molar refractivity (Wildman–Crippen MR) is 137 cm³/mol. The van der Waals surface area contributed by atoms with Gasteiger partial charge in [-0.2, -0.15) is 4.31 Å². The van der Waals surface area contributed by atoms with Gasteiger partial charge in [0.1, 0.15) is 0 Å². The molecule has 1 aromatic heterocycles. The Hall–Kier alpha value is -2.37. The van der Waals surface area contributed by atoms with Gasteiger partial charge < -0.3 is 15.8 Å². The van der Waals surface area contributed by atoms with Crippen molar-refractivity contribution >= 4 is 15.9 Å². The standard InChI is InChI=1S/C14H20N2O3S.C7H8N2.C2H5NO.C2H6/c1-12-2-4-14(5-3-12)20(17,18)16-8-6-15(7-9-16)13-10-19-11-13;1-2-8-4-7-5-9-3-6(1)7;1-2(3)4;1-2/h2-5,13H,6-11H2,1H3;1-2,4,9H,3,5H2;1H3,(H2,3,4);1-2H3. The highest BCUT2D eigenvalue weighted by atomic mass is 32.2. The maximum atomic E-state index is 12.5. The molecule has 0 saturated carbocycles. The lowest BCUT2D eigenvalue weighted by atomic mass is 10.2. The molecule has 2 fully saturated rings. The van der Waals surface area contributed by atoms with E-state index in [1.807, 2.05) is 45.3 Å². The Balaban J connectivity index is 0.000000237. The molecule has 0 bridgehead atoms. The van der Waals surface area contributed by atoms with Crippen LogP contribution in [-0.2, 0) is 32.6 Å². The maximum absolute atomic E-state index is 12.5. The van der Waals surface area contributed by atoms with E-state index in [0.29, 0.717) is 24.0 Å². The van der Waals surface area contributed by atoms with E-state index >= 15 is 0 Å².